The van der Waals surface area contributed by atoms with Gasteiger partial charge >= 0.3 is 6.03 Å². The predicted octanol–water partition coefficient (Wildman–Crippen LogP) is 10.4. The van der Waals surface area contributed by atoms with Crippen molar-refractivity contribution in [1.82, 2.24) is 4.90 Å². The fraction of sp³-hybridized carbons (Fsp3) is 0.531. The van der Waals surface area contributed by atoms with Crippen molar-refractivity contribution < 1.29 is 9.53 Å². The van der Waals surface area contributed by atoms with Gasteiger partial charge in [-0.05, 0) is 60.2 Å². The molecule has 0 unspecified atom stereocenters. The summed E-state index contributed by atoms with van der Waals surface area (Å²) in [5, 5.41) is 5.79. The van der Waals surface area contributed by atoms with E-state index in [1.54, 1.807) is 0 Å². The number of allylic oxidation sites excluding steroid dienone is 1. The number of nitrogens with zero attached hydrogens (tertiary/aromatic N) is 1. The van der Waals surface area contributed by atoms with Crippen LogP contribution in [0.15, 0.2) is 59.6 Å². The molecule has 2 amide bonds. The van der Waals surface area contributed by atoms with Gasteiger partial charge in [0.1, 0.15) is 5.75 Å². The Morgan fingerprint density at radius 1 is 0.795 bits per heavy atom. The Kier molecular flexibility index (Phi) is 16.9. The first-order valence-corrected chi connectivity index (χ1v) is 15.6. The molecule has 0 saturated carbocycles. The number of halogens is 1. The molecule has 39 heavy (non-hydrogen) atoms. The molecule has 0 spiro atoms. The first-order valence-electron chi connectivity index (χ1n) is 14.6. The van der Waals surface area contributed by atoms with Crippen LogP contribution in [0.2, 0.25) is 0 Å². The average molecular weight is 619 g/mol. The van der Waals surface area contributed by atoms with E-state index in [1.165, 1.54) is 81.1 Å². The van der Waals surface area contributed by atoms with Gasteiger partial charge in [-0.2, -0.15) is 0 Å². The van der Waals surface area contributed by atoms with Crippen molar-refractivity contribution in [3.05, 3.63) is 65.2 Å². The molecule has 0 aliphatic carbocycles. The van der Waals surface area contributed by atoms with Gasteiger partial charge in [0.25, 0.3) is 0 Å². The van der Waals surface area contributed by atoms with Crippen molar-refractivity contribution in [2.45, 2.75) is 97.4 Å². The zero-order chi connectivity index (χ0) is 26.8. The molecule has 5 nitrogen and oxygen atoms in total. The average Bonchev–Trinajstić information content (AvgIpc) is 3.33. The number of ether oxygens (including phenoxy) is 1. The lowest BCUT2D eigenvalue weighted by molar-refractivity contribution is 0.262. The van der Waals surface area contributed by atoms with Gasteiger partial charge < -0.3 is 20.3 Å². The molecule has 2 aromatic rings. The first kappa shape index (κ1) is 33.1. The molecule has 0 atom stereocenters. The second-order valence-corrected chi connectivity index (χ2v) is 11.5. The van der Waals surface area contributed by atoms with E-state index in [2.05, 4.69) is 47.7 Å². The van der Waals surface area contributed by atoms with E-state index in [9.17, 15) is 4.79 Å². The van der Waals surface area contributed by atoms with Gasteiger partial charge in [0, 0.05) is 24.1 Å². The fourth-order valence-electron chi connectivity index (χ4n) is 4.60. The summed E-state index contributed by atoms with van der Waals surface area (Å²) >= 11 is 1.86. The Morgan fingerprint density at radius 3 is 1.82 bits per heavy atom. The number of amides is 2. The molecule has 3 rings (SSSR count). The van der Waals surface area contributed by atoms with E-state index in [-0.39, 0.29) is 23.0 Å². The number of hydrogen-bond donors (Lipinski definition) is 2. The number of benzene rings is 2. The minimum Gasteiger partial charge on any atom is -0.494 e. The number of thioether (sulfide) groups is 1. The van der Waals surface area contributed by atoms with Crippen molar-refractivity contribution in [1.29, 1.82) is 0 Å². The summed E-state index contributed by atoms with van der Waals surface area (Å²) in [5.74, 6) is 1.84. The Bertz CT molecular complexity index is 966. The maximum Gasteiger partial charge on any atom is 0.323 e. The molecule has 0 fully saturated rings. The van der Waals surface area contributed by atoms with Crippen LogP contribution in [0.3, 0.4) is 0 Å². The molecule has 2 aromatic carbocycles. The largest absolute Gasteiger partial charge is 0.494 e. The predicted molar refractivity (Wildman–Crippen MR) is 174 cm³/mol. The molecule has 1 aliphatic heterocycles. The summed E-state index contributed by atoms with van der Waals surface area (Å²) in [6.07, 6.45) is 18.3. The van der Waals surface area contributed by atoms with Gasteiger partial charge in [0.2, 0.25) is 0 Å². The van der Waals surface area contributed by atoms with Crippen LogP contribution in [-0.2, 0) is 6.54 Å². The number of carbonyl (C=O) groups excluding carboxylic acids is 1. The zero-order valence-electron chi connectivity index (χ0n) is 23.9. The van der Waals surface area contributed by atoms with Gasteiger partial charge in [0.15, 0.2) is 0 Å². The van der Waals surface area contributed by atoms with Crippen LogP contribution in [0.5, 0.6) is 5.75 Å². The molecule has 0 bridgehead atoms. The third-order valence-corrected chi connectivity index (χ3v) is 7.82. The maximum atomic E-state index is 12.4. The summed E-state index contributed by atoms with van der Waals surface area (Å²) in [4.78, 5) is 16.0. The Balaban J connectivity index is 0.00000533. The van der Waals surface area contributed by atoms with Gasteiger partial charge in [-0.25, -0.2) is 4.79 Å². The third-order valence-electron chi connectivity index (χ3n) is 6.80. The van der Waals surface area contributed by atoms with Crippen molar-refractivity contribution in [2.24, 2.45) is 0 Å². The van der Waals surface area contributed by atoms with Gasteiger partial charge in [-0.15, -0.1) is 28.7 Å². The second kappa shape index (κ2) is 19.9. The highest BCUT2D eigenvalue weighted by atomic mass is 79.9. The summed E-state index contributed by atoms with van der Waals surface area (Å²) < 4.78 is 5.88. The number of unbranched alkanes of at least 4 members (excludes halogenated alkanes) is 11. The SMILES string of the molecule is Br.CCCCCCCCCCCCCCOc1ccc(NC(=O)Nc2ccc(CN3C=C(C)SC3)cc2)cc1. The number of nitrogens with one attached hydrogen (secondary N) is 2. The molecule has 0 aromatic heterocycles. The topological polar surface area (TPSA) is 53.6 Å². The Labute approximate surface area is 251 Å². The van der Waals surface area contributed by atoms with Gasteiger partial charge in [-0.1, -0.05) is 89.7 Å². The van der Waals surface area contributed by atoms with Crippen LogP contribution >= 0.6 is 28.7 Å². The third kappa shape index (κ3) is 14.2. The van der Waals surface area contributed by atoms with E-state index in [1.807, 2.05) is 48.2 Å². The molecular weight excluding hydrogens is 570 g/mol. The highest BCUT2D eigenvalue weighted by Gasteiger charge is 2.10. The molecule has 1 heterocycles. The maximum absolute atomic E-state index is 12.4. The number of rotatable bonds is 18. The highest BCUT2D eigenvalue weighted by Crippen LogP contribution is 2.26. The summed E-state index contributed by atoms with van der Waals surface area (Å²) in [7, 11) is 0. The summed E-state index contributed by atoms with van der Waals surface area (Å²) in [5.41, 5.74) is 2.74. The fourth-order valence-corrected chi connectivity index (χ4v) is 5.36. The lowest BCUT2D eigenvalue weighted by Gasteiger charge is -2.15. The summed E-state index contributed by atoms with van der Waals surface area (Å²) in [6, 6.07) is 15.3. The Hall–Kier alpha value is -2.12. The minimum absolute atomic E-state index is 0. The second-order valence-electron chi connectivity index (χ2n) is 10.3. The van der Waals surface area contributed by atoms with Crippen LogP contribution in [-0.4, -0.2) is 23.4 Å². The zero-order valence-corrected chi connectivity index (χ0v) is 26.4. The Morgan fingerprint density at radius 2 is 1.31 bits per heavy atom. The van der Waals surface area contributed by atoms with Crippen molar-refractivity contribution >= 4 is 46.1 Å². The summed E-state index contributed by atoms with van der Waals surface area (Å²) in [6.45, 7) is 6.03. The van der Waals surface area contributed by atoms with E-state index < -0.39 is 0 Å². The van der Waals surface area contributed by atoms with Crippen LogP contribution in [0, 0.1) is 0 Å². The quantitative estimate of drug-likeness (QED) is 0.163. The molecule has 7 heteroatoms. The normalized spacial score (nSPS) is 12.6. The first-order chi connectivity index (χ1) is 18.6. The monoisotopic (exact) mass is 617 g/mol. The number of carbonyl (C=O) groups is 1. The van der Waals surface area contributed by atoms with Gasteiger partial charge in [0.05, 0.1) is 12.5 Å². The van der Waals surface area contributed by atoms with Crippen molar-refractivity contribution in [3.63, 3.8) is 0 Å². The lowest BCUT2D eigenvalue weighted by Crippen LogP contribution is -2.19. The van der Waals surface area contributed by atoms with Gasteiger partial charge in [-0.3, -0.25) is 0 Å². The molecule has 0 radical (unpaired) electrons. The standard InChI is InChI=1S/C32H47N3O2S.BrH/c1-3-4-5-6-7-8-9-10-11-12-13-14-23-37-31-21-19-30(20-22-31)34-32(36)33-29-17-15-28(16-18-29)25-35-24-27(2)38-26-35;/h15-22,24H,3-14,23,25-26H2,1-2H3,(H2,33,34,36);1H. The number of urea groups is 1. The van der Waals surface area contributed by atoms with Crippen LogP contribution in [0.25, 0.3) is 0 Å². The van der Waals surface area contributed by atoms with Crippen LogP contribution in [0.1, 0.15) is 96.5 Å². The smallest absolute Gasteiger partial charge is 0.323 e. The van der Waals surface area contributed by atoms with E-state index in [4.69, 9.17) is 4.74 Å². The van der Waals surface area contributed by atoms with Crippen LogP contribution in [0.4, 0.5) is 16.2 Å². The number of hydrogen-bond acceptors (Lipinski definition) is 4. The van der Waals surface area contributed by atoms with Crippen LogP contribution < -0.4 is 15.4 Å². The molecular formula is C32H48BrN3O2S. The van der Waals surface area contributed by atoms with E-state index in [0.29, 0.717) is 0 Å². The lowest BCUT2D eigenvalue weighted by atomic mass is 10.1. The molecule has 1 aliphatic rings. The molecule has 0 saturated heterocycles. The highest BCUT2D eigenvalue weighted by molar-refractivity contribution is 8.93. The minimum atomic E-state index is -0.252. The van der Waals surface area contributed by atoms with Crippen molar-refractivity contribution in [2.75, 3.05) is 23.1 Å². The molecule has 216 valence electrons. The number of anilines is 2. The van der Waals surface area contributed by atoms with Crippen molar-refractivity contribution in [3.8, 4) is 5.75 Å². The van der Waals surface area contributed by atoms with E-state index >= 15 is 0 Å². The molecule has 2 N–H and O–H groups in total. The van der Waals surface area contributed by atoms with E-state index in [0.717, 1.165) is 42.6 Å².